The Hall–Kier alpha value is -0.930. The van der Waals surface area contributed by atoms with Crippen molar-refractivity contribution in [3.05, 3.63) is 29.6 Å². The quantitative estimate of drug-likeness (QED) is 0.823. The molecule has 2 rings (SSSR count). The van der Waals surface area contributed by atoms with E-state index in [2.05, 4.69) is 37.1 Å². The molecule has 0 bridgehead atoms. The van der Waals surface area contributed by atoms with Gasteiger partial charge in [0.25, 0.3) is 0 Å². The van der Waals surface area contributed by atoms with Crippen LogP contribution in [0.2, 0.25) is 0 Å². The summed E-state index contributed by atoms with van der Waals surface area (Å²) in [5, 5.41) is 3.66. The highest BCUT2D eigenvalue weighted by atomic mass is 16.5. The van der Waals surface area contributed by atoms with E-state index in [1.54, 1.807) is 0 Å². The van der Waals surface area contributed by atoms with Gasteiger partial charge in [0.15, 0.2) is 0 Å². The Balaban J connectivity index is 2.25. The van der Waals surface area contributed by atoms with Gasteiger partial charge in [-0.1, -0.05) is 26.2 Å². The summed E-state index contributed by atoms with van der Waals surface area (Å²) in [5.74, 6) is 0.669. The molecule has 1 saturated carbocycles. The number of aryl methyl sites for hydroxylation is 1. The summed E-state index contributed by atoms with van der Waals surface area (Å²) in [6.45, 7) is 8.18. The molecule has 1 heterocycles. The molecule has 3 nitrogen and oxygen atoms in total. The zero-order valence-corrected chi connectivity index (χ0v) is 13.8. The number of hydrogen-bond acceptors (Lipinski definition) is 3. The predicted octanol–water partition coefficient (Wildman–Crippen LogP) is 4.03. The number of nitrogens with one attached hydrogen (secondary N) is 1. The van der Waals surface area contributed by atoms with Crippen molar-refractivity contribution in [2.75, 3.05) is 13.2 Å². The molecular weight excluding hydrogens is 260 g/mol. The molecule has 1 N–H and O–H groups in total. The predicted molar refractivity (Wildman–Crippen MR) is 87.4 cm³/mol. The summed E-state index contributed by atoms with van der Waals surface area (Å²) >= 11 is 0. The van der Waals surface area contributed by atoms with E-state index in [4.69, 9.17) is 4.74 Å². The summed E-state index contributed by atoms with van der Waals surface area (Å²) in [6, 6.07) is 2.36. The monoisotopic (exact) mass is 290 g/mol. The van der Waals surface area contributed by atoms with Crippen molar-refractivity contribution in [1.82, 2.24) is 10.3 Å². The van der Waals surface area contributed by atoms with Crippen LogP contribution >= 0.6 is 0 Å². The smallest absolute Gasteiger partial charge is 0.0798 e. The summed E-state index contributed by atoms with van der Waals surface area (Å²) in [6.07, 6.45) is 10.8. The van der Waals surface area contributed by atoms with E-state index in [1.165, 1.54) is 43.2 Å². The summed E-state index contributed by atoms with van der Waals surface area (Å²) in [5.41, 5.74) is 2.60. The average Bonchev–Trinajstić information content (AvgIpc) is 2.52. The highest BCUT2D eigenvalue weighted by Gasteiger charge is 2.32. The van der Waals surface area contributed by atoms with Crippen LogP contribution in [0.4, 0.5) is 0 Å². The topological polar surface area (TPSA) is 34.2 Å². The first-order valence-electron chi connectivity index (χ1n) is 8.53. The van der Waals surface area contributed by atoms with Gasteiger partial charge in [0.2, 0.25) is 0 Å². The second-order valence-corrected chi connectivity index (χ2v) is 6.09. The van der Waals surface area contributed by atoms with Crippen LogP contribution in [0, 0.1) is 12.8 Å². The Morgan fingerprint density at radius 3 is 2.67 bits per heavy atom. The largest absolute Gasteiger partial charge is 0.376 e. The van der Waals surface area contributed by atoms with Crippen LogP contribution in [0.25, 0.3) is 0 Å². The lowest BCUT2D eigenvalue weighted by Crippen LogP contribution is -2.40. The van der Waals surface area contributed by atoms with E-state index < -0.39 is 0 Å². The normalized spacial score (nSPS) is 19.4. The molecule has 3 heteroatoms. The first kappa shape index (κ1) is 16.4. The molecule has 21 heavy (non-hydrogen) atoms. The van der Waals surface area contributed by atoms with Gasteiger partial charge in [0.05, 0.1) is 12.1 Å². The highest BCUT2D eigenvalue weighted by Crippen LogP contribution is 2.35. The molecule has 1 aliphatic carbocycles. The van der Waals surface area contributed by atoms with Gasteiger partial charge in [-0.3, -0.25) is 4.98 Å². The summed E-state index contributed by atoms with van der Waals surface area (Å²) in [7, 11) is 0. The van der Waals surface area contributed by atoms with Gasteiger partial charge >= 0.3 is 0 Å². The summed E-state index contributed by atoms with van der Waals surface area (Å²) < 4.78 is 6.22. The van der Waals surface area contributed by atoms with Crippen LogP contribution in [-0.2, 0) is 4.74 Å². The maximum absolute atomic E-state index is 6.22. The highest BCUT2D eigenvalue weighted by molar-refractivity contribution is 5.26. The number of aromatic nitrogens is 1. The van der Waals surface area contributed by atoms with E-state index in [0.717, 1.165) is 13.2 Å². The third-order valence-corrected chi connectivity index (χ3v) is 4.64. The maximum atomic E-state index is 6.22. The number of pyridine rings is 1. The fourth-order valence-corrected chi connectivity index (χ4v) is 3.58. The molecular formula is C18H30N2O. The molecule has 0 saturated heterocycles. The average molecular weight is 290 g/mol. The summed E-state index contributed by atoms with van der Waals surface area (Å²) in [4.78, 5) is 4.34. The molecule has 1 aromatic rings. The van der Waals surface area contributed by atoms with Crippen LogP contribution in [-0.4, -0.2) is 24.2 Å². The SMILES string of the molecule is CCNC(c1cnccc1C)C(OCC)C1CCCCC1. The third kappa shape index (κ3) is 4.27. The lowest BCUT2D eigenvalue weighted by atomic mass is 9.80. The molecule has 0 aromatic carbocycles. The van der Waals surface area contributed by atoms with Gasteiger partial charge in [-0.2, -0.15) is 0 Å². The van der Waals surface area contributed by atoms with Crippen LogP contribution in [0.1, 0.15) is 63.1 Å². The van der Waals surface area contributed by atoms with E-state index in [-0.39, 0.29) is 12.1 Å². The van der Waals surface area contributed by atoms with E-state index >= 15 is 0 Å². The van der Waals surface area contributed by atoms with Crippen LogP contribution in [0.5, 0.6) is 0 Å². The van der Waals surface area contributed by atoms with Crippen LogP contribution in [0.3, 0.4) is 0 Å². The molecule has 0 radical (unpaired) electrons. The van der Waals surface area contributed by atoms with Crippen molar-refractivity contribution >= 4 is 0 Å². The van der Waals surface area contributed by atoms with Crippen molar-refractivity contribution in [3.8, 4) is 0 Å². The molecule has 1 fully saturated rings. The Morgan fingerprint density at radius 2 is 2.05 bits per heavy atom. The standard InChI is InChI=1S/C18H30N2O/c1-4-20-17(16-13-19-12-11-14(16)3)18(21-5-2)15-9-7-6-8-10-15/h11-13,15,17-18,20H,4-10H2,1-3H3. The molecule has 1 aromatic heterocycles. The van der Waals surface area contributed by atoms with Gasteiger partial charge in [0.1, 0.15) is 0 Å². The van der Waals surface area contributed by atoms with Crippen LogP contribution < -0.4 is 5.32 Å². The molecule has 2 atom stereocenters. The molecule has 1 aliphatic rings. The van der Waals surface area contributed by atoms with Crippen molar-refractivity contribution in [2.45, 2.75) is 65.0 Å². The second-order valence-electron chi connectivity index (χ2n) is 6.09. The first-order chi connectivity index (χ1) is 10.3. The van der Waals surface area contributed by atoms with Gasteiger partial charge in [-0.25, -0.2) is 0 Å². The Morgan fingerprint density at radius 1 is 1.29 bits per heavy atom. The van der Waals surface area contributed by atoms with Gasteiger partial charge in [0, 0.05) is 19.0 Å². The minimum absolute atomic E-state index is 0.256. The number of likely N-dealkylation sites (N-methyl/N-ethyl adjacent to an activating group) is 1. The van der Waals surface area contributed by atoms with E-state index in [9.17, 15) is 0 Å². The fourth-order valence-electron chi connectivity index (χ4n) is 3.58. The molecule has 118 valence electrons. The lowest BCUT2D eigenvalue weighted by molar-refractivity contribution is -0.0182. The lowest BCUT2D eigenvalue weighted by Gasteiger charge is -2.36. The Kier molecular flexibility index (Phi) is 6.65. The van der Waals surface area contributed by atoms with Crippen molar-refractivity contribution in [1.29, 1.82) is 0 Å². The van der Waals surface area contributed by atoms with Gasteiger partial charge in [-0.05, 0) is 56.3 Å². The number of nitrogens with zero attached hydrogens (tertiary/aromatic N) is 1. The Bertz CT molecular complexity index is 415. The van der Waals surface area contributed by atoms with Gasteiger partial charge < -0.3 is 10.1 Å². The zero-order chi connectivity index (χ0) is 15.1. The maximum Gasteiger partial charge on any atom is 0.0798 e. The van der Waals surface area contributed by atoms with Gasteiger partial charge in [-0.15, -0.1) is 0 Å². The third-order valence-electron chi connectivity index (χ3n) is 4.64. The van der Waals surface area contributed by atoms with Crippen molar-refractivity contribution < 1.29 is 4.74 Å². The fraction of sp³-hybridized carbons (Fsp3) is 0.722. The molecule has 2 unspecified atom stereocenters. The number of ether oxygens (including phenoxy) is 1. The minimum Gasteiger partial charge on any atom is -0.376 e. The Labute approximate surface area is 129 Å². The van der Waals surface area contributed by atoms with Crippen molar-refractivity contribution in [2.24, 2.45) is 5.92 Å². The number of rotatable bonds is 7. The van der Waals surface area contributed by atoms with Crippen molar-refractivity contribution in [3.63, 3.8) is 0 Å². The van der Waals surface area contributed by atoms with Crippen LogP contribution in [0.15, 0.2) is 18.5 Å². The van der Waals surface area contributed by atoms with E-state index in [0.29, 0.717) is 5.92 Å². The molecule has 0 amide bonds. The molecule has 0 spiro atoms. The first-order valence-corrected chi connectivity index (χ1v) is 8.53. The number of hydrogen-bond donors (Lipinski definition) is 1. The second kappa shape index (κ2) is 8.50. The zero-order valence-electron chi connectivity index (χ0n) is 13.8. The minimum atomic E-state index is 0.256. The van der Waals surface area contributed by atoms with E-state index in [1.807, 2.05) is 12.4 Å². The molecule has 0 aliphatic heterocycles.